The van der Waals surface area contributed by atoms with Gasteiger partial charge in [0.25, 0.3) is 5.56 Å². The molecule has 0 bridgehead atoms. The SMILES string of the molecule is CCCC1=C(C(=O)OCC)C(c2cccc(OC)c2)n2c(s/c(=C/c3ccc(N4CCN(C)CC4)o3)c2=O)=N1. The van der Waals surface area contributed by atoms with E-state index in [1.165, 1.54) is 11.3 Å². The second kappa shape index (κ2) is 11.6. The number of fused-ring (bicyclic) bond motifs is 1. The first-order chi connectivity index (χ1) is 18.9. The number of benzene rings is 1. The number of thiazole rings is 1. The van der Waals surface area contributed by atoms with Gasteiger partial charge in [-0.25, -0.2) is 9.79 Å². The number of aromatic nitrogens is 1. The molecule has 206 valence electrons. The van der Waals surface area contributed by atoms with Crippen LogP contribution < -0.4 is 24.5 Å². The largest absolute Gasteiger partial charge is 0.497 e. The maximum atomic E-state index is 13.9. The van der Waals surface area contributed by atoms with E-state index in [1.807, 2.05) is 43.3 Å². The number of hydrogen-bond donors (Lipinski definition) is 0. The predicted octanol–water partition coefficient (Wildman–Crippen LogP) is 2.93. The van der Waals surface area contributed by atoms with Gasteiger partial charge in [-0.1, -0.05) is 36.8 Å². The summed E-state index contributed by atoms with van der Waals surface area (Å²) in [5.41, 5.74) is 1.55. The van der Waals surface area contributed by atoms with E-state index < -0.39 is 12.0 Å². The molecule has 0 aliphatic carbocycles. The van der Waals surface area contributed by atoms with Crippen molar-refractivity contribution in [2.24, 2.45) is 4.99 Å². The van der Waals surface area contributed by atoms with Gasteiger partial charge < -0.3 is 23.7 Å². The number of carbonyl (C=O) groups is 1. The van der Waals surface area contributed by atoms with E-state index in [0.717, 1.165) is 44.0 Å². The van der Waals surface area contributed by atoms with Gasteiger partial charge in [-0.15, -0.1) is 0 Å². The third-order valence-corrected chi connectivity index (χ3v) is 7.99. The number of methoxy groups -OCH3 is 1. The Labute approximate surface area is 231 Å². The Kier molecular flexibility index (Phi) is 8.04. The van der Waals surface area contributed by atoms with Gasteiger partial charge >= 0.3 is 5.97 Å². The van der Waals surface area contributed by atoms with E-state index in [9.17, 15) is 9.59 Å². The van der Waals surface area contributed by atoms with Crippen LogP contribution in [0.15, 0.2) is 61.9 Å². The van der Waals surface area contributed by atoms with Gasteiger partial charge in [-0.3, -0.25) is 9.36 Å². The molecule has 1 atom stereocenters. The van der Waals surface area contributed by atoms with Crippen LogP contribution in [-0.2, 0) is 9.53 Å². The number of esters is 1. The minimum atomic E-state index is -0.684. The summed E-state index contributed by atoms with van der Waals surface area (Å²) in [6.45, 7) is 7.77. The molecule has 0 amide bonds. The summed E-state index contributed by atoms with van der Waals surface area (Å²) in [5, 5.41) is 0. The van der Waals surface area contributed by atoms with Crippen LogP contribution in [0.5, 0.6) is 5.75 Å². The van der Waals surface area contributed by atoms with E-state index in [0.29, 0.717) is 38.5 Å². The van der Waals surface area contributed by atoms with Crippen LogP contribution in [0, 0.1) is 0 Å². The first kappa shape index (κ1) is 27.0. The highest BCUT2D eigenvalue weighted by atomic mass is 32.1. The van der Waals surface area contributed by atoms with Crippen molar-refractivity contribution in [2.75, 3.05) is 51.8 Å². The molecule has 1 saturated heterocycles. The number of carbonyl (C=O) groups excluding carboxylic acids is 1. The second-order valence-corrected chi connectivity index (χ2v) is 10.7. The van der Waals surface area contributed by atoms with Gasteiger partial charge in [-0.2, -0.15) is 0 Å². The molecule has 9 nitrogen and oxygen atoms in total. The molecule has 3 aromatic rings. The number of ether oxygens (including phenoxy) is 2. The average Bonchev–Trinajstić information content (AvgIpc) is 3.53. The Morgan fingerprint density at radius 2 is 1.97 bits per heavy atom. The Bertz CT molecular complexity index is 1560. The van der Waals surface area contributed by atoms with Gasteiger partial charge in [0.2, 0.25) is 0 Å². The van der Waals surface area contributed by atoms with Crippen molar-refractivity contribution < 1.29 is 18.7 Å². The minimum Gasteiger partial charge on any atom is -0.497 e. The van der Waals surface area contributed by atoms with Crippen LogP contribution in [0.4, 0.5) is 5.88 Å². The molecule has 2 aliphatic heterocycles. The number of hydrogen-bond acceptors (Lipinski definition) is 9. The molecule has 10 heteroatoms. The monoisotopic (exact) mass is 550 g/mol. The smallest absolute Gasteiger partial charge is 0.338 e. The lowest BCUT2D eigenvalue weighted by Gasteiger charge is -2.32. The lowest BCUT2D eigenvalue weighted by molar-refractivity contribution is -0.139. The average molecular weight is 551 g/mol. The number of furan rings is 1. The van der Waals surface area contributed by atoms with Crippen molar-refractivity contribution in [1.29, 1.82) is 0 Å². The molecule has 0 spiro atoms. The fourth-order valence-corrected chi connectivity index (χ4v) is 5.99. The molecule has 0 N–H and O–H groups in total. The van der Waals surface area contributed by atoms with Gasteiger partial charge in [0.1, 0.15) is 11.5 Å². The van der Waals surface area contributed by atoms with Gasteiger partial charge in [-0.05, 0) is 44.2 Å². The zero-order chi connectivity index (χ0) is 27.5. The van der Waals surface area contributed by atoms with Crippen molar-refractivity contribution in [3.05, 3.63) is 78.7 Å². The van der Waals surface area contributed by atoms with Crippen molar-refractivity contribution in [1.82, 2.24) is 9.47 Å². The summed E-state index contributed by atoms with van der Waals surface area (Å²) in [5.74, 6) is 1.57. The fraction of sp³-hybridized carbons (Fsp3) is 0.414. The molecule has 39 heavy (non-hydrogen) atoms. The van der Waals surface area contributed by atoms with Crippen LogP contribution in [0.2, 0.25) is 0 Å². The summed E-state index contributed by atoms with van der Waals surface area (Å²) in [7, 11) is 3.71. The summed E-state index contributed by atoms with van der Waals surface area (Å²) in [6.07, 6.45) is 3.15. The highest BCUT2D eigenvalue weighted by molar-refractivity contribution is 7.07. The Morgan fingerprint density at radius 1 is 1.18 bits per heavy atom. The third-order valence-electron chi connectivity index (χ3n) is 7.00. The van der Waals surface area contributed by atoms with Gasteiger partial charge in [0.15, 0.2) is 10.7 Å². The molecule has 2 aliphatic rings. The molecule has 5 rings (SSSR count). The quantitative estimate of drug-likeness (QED) is 0.399. The highest BCUT2D eigenvalue weighted by Crippen LogP contribution is 2.34. The minimum absolute atomic E-state index is 0.227. The van der Waals surface area contributed by atoms with Gasteiger partial charge in [0, 0.05) is 38.3 Å². The number of piperazine rings is 1. The van der Waals surface area contributed by atoms with E-state index in [-0.39, 0.29) is 12.2 Å². The standard InChI is InChI=1S/C29H34N4O5S/c1-5-8-22-25(28(35)37-6-2)26(19-9-7-10-20(17-19)36-4)33-27(34)23(39-29(33)30-22)18-21-11-12-24(38-21)32-15-13-31(3)14-16-32/h7,9-12,17-18,26H,5-6,8,13-16H2,1-4H3/b23-18+. The normalized spacial score (nSPS) is 18.2. The lowest BCUT2D eigenvalue weighted by Crippen LogP contribution is -2.44. The molecular weight excluding hydrogens is 516 g/mol. The summed E-state index contributed by atoms with van der Waals surface area (Å²) >= 11 is 1.30. The number of anilines is 1. The topological polar surface area (TPSA) is 89.5 Å². The highest BCUT2D eigenvalue weighted by Gasteiger charge is 2.34. The van der Waals surface area contributed by atoms with Crippen molar-refractivity contribution in [2.45, 2.75) is 32.7 Å². The molecule has 1 aromatic carbocycles. The zero-order valence-corrected chi connectivity index (χ0v) is 23.6. The summed E-state index contributed by atoms with van der Waals surface area (Å²) in [6, 6.07) is 10.6. The maximum absolute atomic E-state index is 13.9. The zero-order valence-electron chi connectivity index (χ0n) is 22.8. The molecule has 0 radical (unpaired) electrons. The lowest BCUT2D eigenvalue weighted by atomic mass is 9.94. The first-order valence-corrected chi connectivity index (χ1v) is 14.1. The molecule has 0 saturated carbocycles. The predicted molar refractivity (Wildman–Crippen MR) is 151 cm³/mol. The van der Waals surface area contributed by atoms with Crippen molar-refractivity contribution >= 4 is 29.3 Å². The van der Waals surface area contributed by atoms with Crippen LogP contribution >= 0.6 is 11.3 Å². The second-order valence-electron chi connectivity index (χ2n) is 9.66. The Hall–Kier alpha value is -3.63. The van der Waals surface area contributed by atoms with E-state index in [2.05, 4.69) is 16.8 Å². The van der Waals surface area contributed by atoms with Crippen LogP contribution in [-0.4, -0.2) is 62.4 Å². The molecule has 1 fully saturated rings. The van der Waals surface area contributed by atoms with E-state index in [1.54, 1.807) is 24.7 Å². The summed E-state index contributed by atoms with van der Waals surface area (Å²) < 4.78 is 19.1. The molecule has 1 unspecified atom stereocenters. The van der Waals surface area contributed by atoms with Crippen LogP contribution in [0.25, 0.3) is 6.08 Å². The van der Waals surface area contributed by atoms with Crippen LogP contribution in [0.1, 0.15) is 44.1 Å². The number of allylic oxidation sites excluding steroid dienone is 1. The Morgan fingerprint density at radius 3 is 2.69 bits per heavy atom. The maximum Gasteiger partial charge on any atom is 0.338 e. The van der Waals surface area contributed by atoms with Crippen LogP contribution in [0.3, 0.4) is 0 Å². The van der Waals surface area contributed by atoms with E-state index >= 15 is 0 Å². The number of likely N-dealkylation sites (N-methyl/N-ethyl adjacent to an activating group) is 1. The van der Waals surface area contributed by atoms with Crippen molar-refractivity contribution in [3.63, 3.8) is 0 Å². The molecule has 4 heterocycles. The van der Waals surface area contributed by atoms with Gasteiger partial charge in [0.05, 0.1) is 35.6 Å². The summed E-state index contributed by atoms with van der Waals surface area (Å²) in [4.78, 5) is 37.1. The number of rotatable bonds is 8. The number of nitrogens with zero attached hydrogens (tertiary/aromatic N) is 4. The molecular formula is C29H34N4O5S. The van der Waals surface area contributed by atoms with Crippen molar-refractivity contribution in [3.8, 4) is 5.75 Å². The Balaban J connectivity index is 1.63. The first-order valence-electron chi connectivity index (χ1n) is 13.3. The fourth-order valence-electron chi connectivity index (χ4n) is 4.99. The van der Waals surface area contributed by atoms with E-state index in [4.69, 9.17) is 18.9 Å². The molecule has 2 aromatic heterocycles. The third kappa shape index (κ3) is 5.44.